The lowest BCUT2D eigenvalue weighted by Gasteiger charge is -2.29. The second-order valence-electron chi connectivity index (χ2n) is 6.28. The predicted octanol–water partition coefficient (Wildman–Crippen LogP) is 4.60. The van der Waals surface area contributed by atoms with E-state index in [-0.39, 0.29) is 5.91 Å². The van der Waals surface area contributed by atoms with Crippen molar-refractivity contribution in [1.29, 1.82) is 0 Å². The number of fused-ring (bicyclic) bond motifs is 1. The van der Waals surface area contributed by atoms with Crippen molar-refractivity contribution < 1.29 is 4.79 Å². The van der Waals surface area contributed by atoms with Crippen LogP contribution < -0.4 is 10.2 Å². The van der Waals surface area contributed by atoms with Gasteiger partial charge >= 0.3 is 0 Å². The monoisotopic (exact) mass is 398 g/mol. The van der Waals surface area contributed by atoms with E-state index in [4.69, 9.17) is 23.2 Å². The zero-order valence-electron chi connectivity index (χ0n) is 14.3. The molecule has 0 aliphatic carbocycles. The van der Waals surface area contributed by atoms with Gasteiger partial charge in [0.15, 0.2) is 0 Å². The van der Waals surface area contributed by atoms with Crippen molar-refractivity contribution in [3.05, 3.63) is 81.7 Å². The van der Waals surface area contributed by atoms with Crippen molar-refractivity contribution in [2.24, 2.45) is 0 Å². The summed E-state index contributed by atoms with van der Waals surface area (Å²) in [5.41, 5.74) is 3.50. The van der Waals surface area contributed by atoms with E-state index in [1.807, 2.05) is 6.07 Å². The molecule has 4 rings (SSSR count). The molecule has 1 amide bonds. The molecule has 0 unspecified atom stereocenters. The third-order valence-electron chi connectivity index (χ3n) is 4.52. The predicted molar refractivity (Wildman–Crippen MR) is 108 cm³/mol. The lowest BCUT2D eigenvalue weighted by atomic mass is 10.00. The molecule has 1 aromatic heterocycles. The Kier molecular flexibility index (Phi) is 4.97. The van der Waals surface area contributed by atoms with E-state index in [9.17, 15) is 4.79 Å². The third-order valence-corrected chi connectivity index (χ3v) is 5.26. The summed E-state index contributed by atoms with van der Waals surface area (Å²) in [6.45, 7) is 1.61. The first-order valence-electron chi connectivity index (χ1n) is 8.50. The van der Waals surface area contributed by atoms with Gasteiger partial charge in [0.05, 0.1) is 10.0 Å². The Labute approximate surface area is 167 Å². The van der Waals surface area contributed by atoms with E-state index in [1.54, 1.807) is 24.3 Å². The van der Waals surface area contributed by atoms with Gasteiger partial charge in [-0.25, -0.2) is 9.97 Å². The molecule has 1 aliphatic heterocycles. The first kappa shape index (κ1) is 17.8. The highest BCUT2D eigenvalue weighted by molar-refractivity contribution is 6.42. The van der Waals surface area contributed by atoms with Gasteiger partial charge in [-0.05, 0) is 35.7 Å². The van der Waals surface area contributed by atoms with Crippen LogP contribution in [-0.4, -0.2) is 22.4 Å². The summed E-state index contributed by atoms with van der Waals surface area (Å²) in [5.74, 6) is 0.410. The van der Waals surface area contributed by atoms with Crippen molar-refractivity contribution in [2.75, 3.05) is 16.8 Å². The Morgan fingerprint density at radius 3 is 2.63 bits per heavy atom. The van der Waals surface area contributed by atoms with Gasteiger partial charge in [-0.1, -0.05) is 47.5 Å². The number of carbonyl (C=O) groups excluding carboxylic acids is 1. The number of hydrogen-bond donors (Lipinski definition) is 1. The number of nitrogens with one attached hydrogen (secondary N) is 1. The molecule has 2 heterocycles. The Bertz CT molecular complexity index is 1010. The summed E-state index contributed by atoms with van der Waals surface area (Å²) in [7, 11) is 0. The van der Waals surface area contributed by atoms with E-state index in [2.05, 4.69) is 38.4 Å². The first-order valence-corrected chi connectivity index (χ1v) is 9.26. The van der Waals surface area contributed by atoms with Crippen LogP contribution in [-0.2, 0) is 13.0 Å². The molecule has 1 N–H and O–H groups in total. The fourth-order valence-corrected chi connectivity index (χ4v) is 3.40. The molecule has 0 spiro atoms. The van der Waals surface area contributed by atoms with Crippen molar-refractivity contribution >= 4 is 40.6 Å². The van der Waals surface area contributed by atoms with Gasteiger partial charge in [0.25, 0.3) is 5.91 Å². The maximum absolute atomic E-state index is 12.5. The Balaban J connectivity index is 1.52. The summed E-state index contributed by atoms with van der Waals surface area (Å²) >= 11 is 11.9. The van der Waals surface area contributed by atoms with Crippen LogP contribution in [0.25, 0.3) is 0 Å². The third kappa shape index (κ3) is 3.89. The molecule has 0 atom stereocenters. The summed E-state index contributed by atoms with van der Waals surface area (Å²) in [5, 5.41) is 3.60. The number of nitrogens with zero attached hydrogens (tertiary/aromatic N) is 3. The molecule has 0 saturated carbocycles. The normalized spacial score (nSPS) is 13.2. The van der Waals surface area contributed by atoms with Crippen molar-refractivity contribution in [3.63, 3.8) is 0 Å². The fraction of sp³-hybridized carbons (Fsp3) is 0.150. The number of benzene rings is 2. The van der Waals surface area contributed by atoms with Crippen LogP contribution in [0.5, 0.6) is 0 Å². The fourth-order valence-electron chi connectivity index (χ4n) is 3.10. The summed E-state index contributed by atoms with van der Waals surface area (Å²) in [6, 6.07) is 15.0. The minimum Gasteiger partial charge on any atom is -0.352 e. The lowest BCUT2D eigenvalue weighted by molar-refractivity contribution is 0.102. The van der Waals surface area contributed by atoms with Gasteiger partial charge in [-0.3, -0.25) is 4.79 Å². The molecule has 0 saturated heterocycles. The van der Waals surface area contributed by atoms with Crippen LogP contribution in [0.15, 0.2) is 54.9 Å². The van der Waals surface area contributed by atoms with Crippen molar-refractivity contribution in [2.45, 2.75) is 13.0 Å². The van der Waals surface area contributed by atoms with Gasteiger partial charge in [0, 0.05) is 24.8 Å². The molecular formula is C20H16Cl2N4O. The van der Waals surface area contributed by atoms with Crippen LogP contribution in [0.4, 0.5) is 11.5 Å². The second-order valence-corrected chi connectivity index (χ2v) is 7.10. The number of halogens is 2. The van der Waals surface area contributed by atoms with Crippen molar-refractivity contribution in [3.8, 4) is 0 Å². The van der Waals surface area contributed by atoms with Gasteiger partial charge in [0.1, 0.15) is 17.8 Å². The Morgan fingerprint density at radius 1 is 1.00 bits per heavy atom. The number of anilines is 2. The highest BCUT2D eigenvalue weighted by Crippen LogP contribution is 2.26. The Hall–Kier alpha value is -2.63. The van der Waals surface area contributed by atoms with Crippen LogP contribution in [0.2, 0.25) is 10.0 Å². The molecule has 0 fully saturated rings. The minimum absolute atomic E-state index is 0.296. The van der Waals surface area contributed by atoms with E-state index >= 15 is 0 Å². The van der Waals surface area contributed by atoms with Gasteiger partial charge in [-0.2, -0.15) is 0 Å². The van der Waals surface area contributed by atoms with Crippen LogP contribution in [0, 0.1) is 0 Å². The molecule has 5 nitrogen and oxygen atoms in total. The van der Waals surface area contributed by atoms with Crippen LogP contribution >= 0.6 is 23.2 Å². The highest BCUT2D eigenvalue weighted by atomic mass is 35.5. The standard InChI is InChI=1S/C20H16Cl2N4O/c21-16-6-5-15(9-17(16)22)25-20(27)18-10-19(24-12-23-18)26-8-7-13-3-1-2-4-14(13)11-26/h1-6,9-10,12H,7-8,11H2,(H,25,27). The first-order chi connectivity index (χ1) is 13.1. The zero-order chi connectivity index (χ0) is 18.8. The highest BCUT2D eigenvalue weighted by Gasteiger charge is 2.19. The van der Waals surface area contributed by atoms with Crippen molar-refractivity contribution in [1.82, 2.24) is 9.97 Å². The van der Waals surface area contributed by atoms with Crippen LogP contribution in [0.1, 0.15) is 21.6 Å². The molecule has 0 radical (unpaired) electrons. The van der Waals surface area contributed by atoms with E-state index in [0.29, 0.717) is 21.4 Å². The number of amides is 1. The summed E-state index contributed by atoms with van der Waals surface area (Å²) in [6.07, 6.45) is 2.37. The molecule has 7 heteroatoms. The molecule has 3 aromatic rings. The average Bonchev–Trinajstić information content (AvgIpc) is 2.70. The van der Waals surface area contributed by atoms with Gasteiger partial charge in [-0.15, -0.1) is 0 Å². The van der Waals surface area contributed by atoms with Crippen LogP contribution in [0.3, 0.4) is 0 Å². The maximum Gasteiger partial charge on any atom is 0.274 e. The number of rotatable bonds is 3. The second kappa shape index (κ2) is 7.55. The molecule has 0 bridgehead atoms. The number of aromatic nitrogens is 2. The van der Waals surface area contributed by atoms with Gasteiger partial charge < -0.3 is 10.2 Å². The largest absolute Gasteiger partial charge is 0.352 e. The molecule has 2 aromatic carbocycles. The van der Waals surface area contributed by atoms with E-state index < -0.39 is 0 Å². The topological polar surface area (TPSA) is 58.1 Å². The summed E-state index contributed by atoms with van der Waals surface area (Å²) < 4.78 is 0. The zero-order valence-corrected chi connectivity index (χ0v) is 15.8. The summed E-state index contributed by atoms with van der Waals surface area (Å²) in [4.78, 5) is 23.2. The minimum atomic E-state index is -0.325. The molecule has 136 valence electrons. The number of carbonyl (C=O) groups is 1. The van der Waals surface area contributed by atoms with Gasteiger partial charge in [0.2, 0.25) is 0 Å². The SMILES string of the molecule is O=C(Nc1ccc(Cl)c(Cl)c1)c1cc(N2CCc3ccccc3C2)ncn1. The van der Waals surface area contributed by atoms with E-state index in [1.165, 1.54) is 17.5 Å². The lowest BCUT2D eigenvalue weighted by Crippen LogP contribution is -2.31. The number of hydrogen-bond acceptors (Lipinski definition) is 4. The van der Waals surface area contributed by atoms with E-state index in [0.717, 1.165) is 25.3 Å². The Morgan fingerprint density at radius 2 is 1.81 bits per heavy atom. The average molecular weight is 399 g/mol. The quantitative estimate of drug-likeness (QED) is 0.700. The maximum atomic E-state index is 12.5. The molecular weight excluding hydrogens is 383 g/mol. The smallest absolute Gasteiger partial charge is 0.274 e. The molecule has 27 heavy (non-hydrogen) atoms. The molecule has 1 aliphatic rings.